The summed E-state index contributed by atoms with van der Waals surface area (Å²) in [6.45, 7) is 0.625. The van der Waals surface area contributed by atoms with Crippen molar-refractivity contribution in [2.75, 3.05) is 20.3 Å². The molecule has 3 rings (SSSR count). The molecule has 98 valence electrons. The summed E-state index contributed by atoms with van der Waals surface area (Å²) in [5.74, 6) is 0.785. The van der Waals surface area contributed by atoms with Gasteiger partial charge in [0.05, 0.1) is 7.11 Å². The summed E-state index contributed by atoms with van der Waals surface area (Å²) in [7, 11) is 1.67. The van der Waals surface area contributed by atoms with Gasteiger partial charge in [-0.3, -0.25) is 4.79 Å². The molecule has 0 bridgehead atoms. The van der Waals surface area contributed by atoms with E-state index in [1.165, 1.54) is 0 Å². The maximum absolute atomic E-state index is 11.1. The average Bonchev–Trinajstić information content (AvgIpc) is 2.47. The summed E-state index contributed by atoms with van der Waals surface area (Å²) in [5.41, 5.74) is 1.08. The number of benzene rings is 2. The molecule has 4 heteroatoms. The number of carbonyl (C=O) groups excluding carboxylic acids is 1. The minimum atomic E-state index is -0.103. The van der Waals surface area contributed by atoms with E-state index in [0.717, 1.165) is 22.1 Å². The molecule has 0 aromatic heterocycles. The van der Waals surface area contributed by atoms with Crippen LogP contribution in [0.3, 0.4) is 0 Å². The van der Waals surface area contributed by atoms with Gasteiger partial charge in [-0.05, 0) is 17.0 Å². The zero-order valence-corrected chi connectivity index (χ0v) is 10.7. The van der Waals surface area contributed by atoms with E-state index in [-0.39, 0.29) is 18.6 Å². The van der Waals surface area contributed by atoms with Crippen molar-refractivity contribution in [2.45, 2.75) is 6.10 Å². The topological polar surface area (TPSA) is 47.6 Å². The highest BCUT2D eigenvalue weighted by molar-refractivity contribution is 5.91. The summed E-state index contributed by atoms with van der Waals surface area (Å²) in [4.78, 5) is 11.1. The smallest absolute Gasteiger partial charge is 0.246 e. The van der Waals surface area contributed by atoms with Gasteiger partial charge in [-0.15, -0.1) is 0 Å². The minimum absolute atomic E-state index is 0.0610. The highest BCUT2D eigenvalue weighted by Crippen LogP contribution is 2.33. The molecule has 1 aliphatic heterocycles. The van der Waals surface area contributed by atoms with E-state index < -0.39 is 0 Å². The minimum Gasteiger partial charge on any atom is -0.496 e. The van der Waals surface area contributed by atoms with Crippen LogP contribution in [0.5, 0.6) is 5.75 Å². The molecule has 19 heavy (non-hydrogen) atoms. The number of hydrogen-bond acceptors (Lipinski definition) is 3. The molecular weight excluding hydrogens is 242 g/mol. The zero-order chi connectivity index (χ0) is 13.2. The number of fused-ring (bicyclic) bond motifs is 1. The second-order valence-corrected chi connectivity index (χ2v) is 4.51. The van der Waals surface area contributed by atoms with Crippen molar-refractivity contribution in [3.8, 4) is 5.75 Å². The highest BCUT2D eigenvalue weighted by Gasteiger charge is 2.22. The standard InChI is InChI=1S/C15H15NO3/c1-18-13-7-6-12(10-4-2-3-5-11(10)13)14-8-16-15(17)9-19-14/h2-7,14H,8-9H2,1H3,(H,16,17). The number of ether oxygens (including phenoxy) is 2. The van der Waals surface area contributed by atoms with E-state index in [2.05, 4.69) is 5.32 Å². The molecule has 4 nitrogen and oxygen atoms in total. The Balaban J connectivity index is 2.07. The summed E-state index contributed by atoms with van der Waals surface area (Å²) in [5, 5.41) is 4.99. The zero-order valence-electron chi connectivity index (χ0n) is 10.7. The van der Waals surface area contributed by atoms with Crippen LogP contribution >= 0.6 is 0 Å². The number of hydrogen-bond donors (Lipinski definition) is 1. The third-order valence-corrected chi connectivity index (χ3v) is 3.38. The molecule has 0 spiro atoms. The molecule has 1 heterocycles. The lowest BCUT2D eigenvalue weighted by Gasteiger charge is -2.25. The number of methoxy groups -OCH3 is 1. The lowest BCUT2D eigenvalue weighted by molar-refractivity contribution is -0.133. The first-order chi connectivity index (χ1) is 9.29. The highest BCUT2D eigenvalue weighted by atomic mass is 16.5. The Morgan fingerprint density at radius 3 is 2.68 bits per heavy atom. The fourth-order valence-corrected chi connectivity index (χ4v) is 2.45. The quantitative estimate of drug-likeness (QED) is 0.895. The van der Waals surface area contributed by atoms with E-state index in [4.69, 9.17) is 9.47 Å². The fourth-order valence-electron chi connectivity index (χ4n) is 2.45. The van der Waals surface area contributed by atoms with Gasteiger partial charge < -0.3 is 14.8 Å². The van der Waals surface area contributed by atoms with Gasteiger partial charge >= 0.3 is 0 Å². The first-order valence-electron chi connectivity index (χ1n) is 6.23. The van der Waals surface area contributed by atoms with Crippen LogP contribution in [0.15, 0.2) is 36.4 Å². The van der Waals surface area contributed by atoms with E-state index in [1.54, 1.807) is 7.11 Å². The van der Waals surface area contributed by atoms with Crippen molar-refractivity contribution in [1.82, 2.24) is 5.32 Å². The van der Waals surface area contributed by atoms with E-state index >= 15 is 0 Å². The van der Waals surface area contributed by atoms with Gasteiger partial charge in [0.25, 0.3) is 0 Å². The SMILES string of the molecule is COc1ccc(C2CNC(=O)CO2)c2ccccc12. The van der Waals surface area contributed by atoms with Crippen LogP contribution < -0.4 is 10.1 Å². The summed E-state index contributed by atoms with van der Waals surface area (Å²) < 4.78 is 11.0. The number of carbonyl (C=O) groups is 1. The summed E-state index contributed by atoms with van der Waals surface area (Å²) in [6.07, 6.45) is -0.103. The Morgan fingerprint density at radius 2 is 2.00 bits per heavy atom. The van der Waals surface area contributed by atoms with Crippen LogP contribution in [0.1, 0.15) is 11.7 Å². The Morgan fingerprint density at radius 1 is 1.21 bits per heavy atom. The van der Waals surface area contributed by atoms with Crippen molar-refractivity contribution < 1.29 is 14.3 Å². The van der Waals surface area contributed by atoms with Crippen molar-refractivity contribution in [2.24, 2.45) is 0 Å². The van der Waals surface area contributed by atoms with E-state index in [0.29, 0.717) is 6.54 Å². The van der Waals surface area contributed by atoms with Gasteiger partial charge in [0.1, 0.15) is 18.5 Å². The van der Waals surface area contributed by atoms with Crippen molar-refractivity contribution in [3.05, 3.63) is 42.0 Å². The Labute approximate surface area is 111 Å². The van der Waals surface area contributed by atoms with Crippen LogP contribution in [-0.4, -0.2) is 26.2 Å². The summed E-state index contributed by atoms with van der Waals surface area (Å²) >= 11 is 0. The lowest BCUT2D eigenvalue weighted by Crippen LogP contribution is -2.38. The molecule has 0 radical (unpaired) electrons. The maximum Gasteiger partial charge on any atom is 0.246 e. The Hall–Kier alpha value is -2.07. The third-order valence-electron chi connectivity index (χ3n) is 3.38. The van der Waals surface area contributed by atoms with Gasteiger partial charge in [-0.1, -0.05) is 30.3 Å². The molecule has 1 amide bonds. The predicted molar refractivity (Wildman–Crippen MR) is 72.2 cm³/mol. The van der Waals surface area contributed by atoms with Crippen LogP contribution in [0.25, 0.3) is 10.8 Å². The molecule has 1 N–H and O–H groups in total. The molecule has 0 saturated carbocycles. The molecule has 1 aliphatic rings. The van der Waals surface area contributed by atoms with Crippen LogP contribution in [-0.2, 0) is 9.53 Å². The van der Waals surface area contributed by atoms with Crippen molar-refractivity contribution >= 4 is 16.7 Å². The van der Waals surface area contributed by atoms with E-state index in [9.17, 15) is 4.79 Å². The molecule has 1 fully saturated rings. The van der Waals surface area contributed by atoms with Gasteiger partial charge in [0, 0.05) is 11.9 Å². The maximum atomic E-state index is 11.1. The van der Waals surface area contributed by atoms with E-state index in [1.807, 2.05) is 36.4 Å². The van der Waals surface area contributed by atoms with Crippen molar-refractivity contribution in [1.29, 1.82) is 0 Å². The van der Waals surface area contributed by atoms with Gasteiger partial charge in [0.15, 0.2) is 0 Å². The first kappa shape index (κ1) is 12.0. The lowest BCUT2D eigenvalue weighted by atomic mass is 9.99. The second-order valence-electron chi connectivity index (χ2n) is 4.51. The molecule has 2 aromatic rings. The van der Waals surface area contributed by atoms with Crippen LogP contribution in [0.2, 0.25) is 0 Å². The monoisotopic (exact) mass is 257 g/mol. The Kier molecular flexibility index (Phi) is 3.09. The number of amides is 1. The van der Waals surface area contributed by atoms with Crippen molar-refractivity contribution in [3.63, 3.8) is 0 Å². The second kappa shape index (κ2) is 4.90. The van der Waals surface area contributed by atoms with Gasteiger partial charge in [0.2, 0.25) is 5.91 Å². The first-order valence-corrected chi connectivity index (χ1v) is 6.23. The molecule has 2 aromatic carbocycles. The van der Waals surface area contributed by atoms with Crippen LogP contribution in [0.4, 0.5) is 0 Å². The number of morpholine rings is 1. The molecule has 1 atom stereocenters. The summed E-state index contributed by atoms with van der Waals surface area (Å²) in [6, 6.07) is 12.0. The average molecular weight is 257 g/mol. The fraction of sp³-hybridized carbons (Fsp3) is 0.267. The third kappa shape index (κ3) is 2.15. The molecule has 1 unspecified atom stereocenters. The molecular formula is C15H15NO3. The van der Waals surface area contributed by atoms with Crippen LogP contribution in [0, 0.1) is 0 Å². The largest absolute Gasteiger partial charge is 0.496 e. The molecule has 0 aliphatic carbocycles. The van der Waals surface area contributed by atoms with Gasteiger partial charge in [-0.25, -0.2) is 0 Å². The number of rotatable bonds is 2. The normalized spacial score (nSPS) is 19.2. The Bertz CT molecular complexity index is 614. The van der Waals surface area contributed by atoms with Gasteiger partial charge in [-0.2, -0.15) is 0 Å². The predicted octanol–water partition coefficient (Wildman–Crippen LogP) is 2.04. The number of nitrogens with one attached hydrogen (secondary N) is 1. The molecule has 1 saturated heterocycles.